The Morgan fingerprint density at radius 3 is 3.18 bits per heavy atom. The minimum atomic E-state index is 0.605. The lowest BCUT2D eigenvalue weighted by molar-refractivity contribution is 0.0868. The molecule has 1 aromatic rings. The predicted molar refractivity (Wildman–Crippen MR) is 68.5 cm³/mol. The number of nitrogens with zero attached hydrogens (tertiary/aromatic N) is 2. The highest BCUT2D eigenvalue weighted by molar-refractivity contribution is 5.28. The van der Waals surface area contributed by atoms with Crippen molar-refractivity contribution in [3.8, 4) is 0 Å². The first-order chi connectivity index (χ1) is 8.28. The molecule has 0 radical (unpaired) electrons. The van der Waals surface area contributed by atoms with Gasteiger partial charge in [0.1, 0.15) is 5.82 Å². The quantitative estimate of drug-likeness (QED) is 0.859. The number of anilines is 1. The van der Waals surface area contributed by atoms with E-state index in [4.69, 9.17) is 10.5 Å². The second-order valence-electron chi connectivity index (χ2n) is 4.75. The third kappa shape index (κ3) is 3.68. The standard InChI is InChI=1S/C13H21N3O/c1-17-10-11-4-3-7-16(8-11)9-12-5-2-6-13(14)15-12/h2,5-6,11H,3-4,7-10H2,1H3,(H2,14,15). The normalized spacial score (nSPS) is 21.6. The van der Waals surface area contributed by atoms with Gasteiger partial charge >= 0.3 is 0 Å². The molecule has 1 aromatic heterocycles. The molecule has 1 unspecified atom stereocenters. The van der Waals surface area contributed by atoms with Crippen molar-refractivity contribution in [2.45, 2.75) is 19.4 Å². The van der Waals surface area contributed by atoms with E-state index in [1.165, 1.54) is 12.8 Å². The van der Waals surface area contributed by atoms with E-state index in [-0.39, 0.29) is 0 Å². The van der Waals surface area contributed by atoms with Crippen LogP contribution in [0.15, 0.2) is 18.2 Å². The molecule has 0 aromatic carbocycles. The molecule has 1 atom stereocenters. The minimum absolute atomic E-state index is 0.605. The summed E-state index contributed by atoms with van der Waals surface area (Å²) in [6, 6.07) is 5.83. The SMILES string of the molecule is COCC1CCCN(Cc2cccc(N)n2)C1. The van der Waals surface area contributed by atoms with Crippen molar-refractivity contribution < 1.29 is 4.74 Å². The highest BCUT2D eigenvalue weighted by atomic mass is 16.5. The first kappa shape index (κ1) is 12.3. The fourth-order valence-electron chi connectivity index (χ4n) is 2.48. The number of piperidine rings is 1. The van der Waals surface area contributed by atoms with E-state index in [0.717, 1.165) is 31.9 Å². The maximum Gasteiger partial charge on any atom is 0.123 e. The van der Waals surface area contributed by atoms with Gasteiger partial charge in [0.15, 0.2) is 0 Å². The fourth-order valence-corrected chi connectivity index (χ4v) is 2.48. The summed E-state index contributed by atoms with van der Waals surface area (Å²) >= 11 is 0. The van der Waals surface area contributed by atoms with E-state index in [9.17, 15) is 0 Å². The number of rotatable bonds is 4. The molecule has 1 aliphatic rings. The van der Waals surface area contributed by atoms with E-state index in [2.05, 4.69) is 9.88 Å². The predicted octanol–water partition coefficient (Wildman–Crippen LogP) is 1.52. The maximum absolute atomic E-state index is 5.69. The fraction of sp³-hybridized carbons (Fsp3) is 0.615. The molecular formula is C13H21N3O. The molecule has 0 spiro atoms. The molecular weight excluding hydrogens is 214 g/mol. The lowest BCUT2D eigenvalue weighted by Gasteiger charge is -2.32. The van der Waals surface area contributed by atoms with Crippen LogP contribution in [0.4, 0.5) is 5.82 Å². The second kappa shape index (κ2) is 5.98. The minimum Gasteiger partial charge on any atom is -0.384 e. The van der Waals surface area contributed by atoms with Gasteiger partial charge < -0.3 is 10.5 Å². The molecule has 17 heavy (non-hydrogen) atoms. The lowest BCUT2D eigenvalue weighted by atomic mass is 9.99. The van der Waals surface area contributed by atoms with Gasteiger partial charge in [0.05, 0.1) is 12.3 Å². The average molecular weight is 235 g/mol. The monoisotopic (exact) mass is 235 g/mol. The first-order valence-electron chi connectivity index (χ1n) is 6.20. The molecule has 0 bridgehead atoms. The molecule has 4 heteroatoms. The maximum atomic E-state index is 5.69. The molecule has 0 amide bonds. The van der Waals surface area contributed by atoms with Crippen molar-refractivity contribution in [2.75, 3.05) is 32.5 Å². The molecule has 2 heterocycles. The number of pyridine rings is 1. The first-order valence-corrected chi connectivity index (χ1v) is 6.20. The molecule has 2 N–H and O–H groups in total. The number of nitrogens with two attached hydrogens (primary N) is 1. The van der Waals surface area contributed by atoms with Crippen molar-refractivity contribution in [1.29, 1.82) is 0 Å². The lowest BCUT2D eigenvalue weighted by Crippen LogP contribution is -2.36. The Labute approximate surface area is 103 Å². The van der Waals surface area contributed by atoms with Gasteiger partial charge in [-0.2, -0.15) is 0 Å². The van der Waals surface area contributed by atoms with Crippen LogP contribution in [0.1, 0.15) is 18.5 Å². The smallest absolute Gasteiger partial charge is 0.123 e. The van der Waals surface area contributed by atoms with Crippen LogP contribution in [0.3, 0.4) is 0 Å². The van der Waals surface area contributed by atoms with Crippen LogP contribution < -0.4 is 5.73 Å². The zero-order valence-electron chi connectivity index (χ0n) is 10.4. The number of hydrogen-bond acceptors (Lipinski definition) is 4. The Balaban J connectivity index is 1.90. The van der Waals surface area contributed by atoms with Crippen molar-refractivity contribution in [2.24, 2.45) is 5.92 Å². The molecule has 94 valence electrons. The van der Waals surface area contributed by atoms with E-state index in [1.54, 1.807) is 7.11 Å². The number of methoxy groups -OCH3 is 1. The highest BCUT2D eigenvalue weighted by Crippen LogP contribution is 2.18. The van der Waals surface area contributed by atoms with E-state index < -0.39 is 0 Å². The number of aromatic nitrogens is 1. The highest BCUT2D eigenvalue weighted by Gasteiger charge is 2.19. The van der Waals surface area contributed by atoms with Gasteiger partial charge in [-0.1, -0.05) is 6.07 Å². The van der Waals surface area contributed by atoms with Crippen LogP contribution in [-0.4, -0.2) is 36.7 Å². The molecule has 2 rings (SSSR count). The molecule has 0 aliphatic carbocycles. The summed E-state index contributed by atoms with van der Waals surface area (Å²) in [5.74, 6) is 1.27. The van der Waals surface area contributed by atoms with Crippen molar-refractivity contribution >= 4 is 5.82 Å². The summed E-state index contributed by atoms with van der Waals surface area (Å²) < 4.78 is 5.24. The Morgan fingerprint density at radius 1 is 1.53 bits per heavy atom. The largest absolute Gasteiger partial charge is 0.384 e. The van der Waals surface area contributed by atoms with E-state index in [0.29, 0.717) is 11.7 Å². The van der Waals surface area contributed by atoms with Gasteiger partial charge in [0.2, 0.25) is 0 Å². The van der Waals surface area contributed by atoms with Gasteiger partial charge in [-0.3, -0.25) is 4.90 Å². The summed E-state index contributed by atoms with van der Waals surface area (Å²) in [4.78, 5) is 6.78. The van der Waals surface area contributed by atoms with Crippen molar-refractivity contribution in [3.05, 3.63) is 23.9 Å². The molecule has 1 saturated heterocycles. The third-order valence-electron chi connectivity index (χ3n) is 3.22. The second-order valence-corrected chi connectivity index (χ2v) is 4.75. The molecule has 1 fully saturated rings. The Hall–Kier alpha value is -1.13. The van der Waals surface area contributed by atoms with Gasteiger partial charge in [-0.25, -0.2) is 4.98 Å². The average Bonchev–Trinajstić information content (AvgIpc) is 2.30. The van der Waals surface area contributed by atoms with Crippen LogP contribution in [0.5, 0.6) is 0 Å². The summed E-state index contributed by atoms with van der Waals surface area (Å²) in [6.07, 6.45) is 2.52. The number of ether oxygens (including phenoxy) is 1. The van der Waals surface area contributed by atoms with Crippen LogP contribution in [0.25, 0.3) is 0 Å². The van der Waals surface area contributed by atoms with Gasteiger partial charge in [-0.15, -0.1) is 0 Å². The Bertz CT molecular complexity index is 354. The number of likely N-dealkylation sites (tertiary alicyclic amines) is 1. The number of nitrogen functional groups attached to an aromatic ring is 1. The van der Waals surface area contributed by atoms with Crippen LogP contribution >= 0.6 is 0 Å². The van der Waals surface area contributed by atoms with E-state index in [1.807, 2.05) is 18.2 Å². The summed E-state index contributed by atoms with van der Waals surface area (Å²) in [7, 11) is 1.78. The number of hydrogen-bond donors (Lipinski definition) is 1. The van der Waals surface area contributed by atoms with Gasteiger partial charge in [-0.05, 0) is 37.4 Å². The van der Waals surface area contributed by atoms with E-state index >= 15 is 0 Å². The summed E-state index contributed by atoms with van der Waals surface area (Å²) in [5.41, 5.74) is 6.75. The van der Waals surface area contributed by atoms with Crippen LogP contribution in [0.2, 0.25) is 0 Å². The van der Waals surface area contributed by atoms with Crippen molar-refractivity contribution in [1.82, 2.24) is 9.88 Å². The van der Waals surface area contributed by atoms with Gasteiger partial charge in [0, 0.05) is 20.2 Å². The van der Waals surface area contributed by atoms with Gasteiger partial charge in [0.25, 0.3) is 0 Å². The molecule has 4 nitrogen and oxygen atoms in total. The Kier molecular flexibility index (Phi) is 4.34. The Morgan fingerprint density at radius 2 is 2.41 bits per heavy atom. The van der Waals surface area contributed by atoms with Crippen molar-refractivity contribution in [3.63, 3.8) is 0 Å². The summed E-state index contributed by atoms with van der Waals surface area (Å²) in [6.45, 7) is 4.01. The summed E-state index contributed by atoms with van der Waals surface area (Å²) in [5, 5.41) is 0. The zero-order valence-corrected chi connectivity index (χ0v) is 10.4. The van der Waals surface area contributed by atoms with Crippen LogP contribution in [-0.2, 0) is 11.3 Å². The van der Waals surface area contributed by atoms with Crippen LogP contribution in [0, 0.1) is 5.92 Å². The molecule has 1 aliphatic heterocycles. The molecule has 0 saturated carbocycles. The zero-order chi connectivity index (χ0) is 12.1. The topological polar surface area (TPSA) is 51.4 Å². The third-order valence-corrected chi connectivity index (χ3v) is 3.22.